The molecule has 2 N–H and O–H groups in total. The van der Waals surface area contributed by atoms with Crippen LogP contribution in [0.2, 0.25) is 0 Å². The molecule has 0 saturated carbocycles. The van der Waals surface area contributed by atoms with Gasteiger partial charge in [-0.1, -0.05) is 0 Å². The van der Waals surface area contributed by atoms with E-state index in [9.17, 15) is 5.11 Å². The van der Waals surface area contributed by atoms with Gasteiger partial charge in [-0.2, -0.15) is 0 Å². The van der Waals surface area contributed by atoms with Crippen LogP contribution in [-0.4, -0.2) is 41.7 Å². The molecule has 0 aromatic heterocycles. The minimum absolute atomic E-state index is 0.155. The summed E-state index contributed by atoms with van der Waals surface area (Å²) in [6, 6.07) is 0. The Labute approximate surface area is 79.2 Å². The number of ether oxygens (including phenoxy) is 1. The SMILES string of the molecule is OCC1OCCC(OI)C1O. The molecule has 0 spiro atoms. The Bertz CT molecular complexity index is 109. The van der Waals surface area contributed by atoms with Crippen LogP contribution in [0, 0.1) is 0 Å². The van der Waals surface area contributed by atoms with Gasteiger partial charge in [0.25, 0.3) is 0 Å². The van der Waals surface area contributed by atoms with Crippen molar-refractivity contribution in [2.75, 3.05) is 13.2 Å². The van der Waals surface area contributed by atoms with Crippen molar-refractivity contribution < 1.29 is 18.0 Å². The number of rotatable bonds is 2. The Hall–Kier alpha value is 0.570. The maximum atomic E-state index is 9.41. The summed E-state index contributed by atoms with van der Waals surface area (Å²) in [5, 5.41) is 18.1. The number of hydrogen-bond acceptors (Lipinski definition) is 4. The van der Waals surface area contributed by atoms with Crippen LogP contribution in [0.4, 0.5) is 0 Å². The molecular weight excluding hydrogens is 263 g/mol. The molecule has 0 aliphatic carbocycles. The van der Waals surface area contributed by atoms with Crippen molar-refractivity contribution in [1.82, 2.24) is 0 Å². The molecule has 11 heavy (non-hydrogen) atoms. The van der Waals surface area contributed by atoms with Gasteiger partial charge in [-0.15, -0.1) is 0 Å². The molecule has 0 aromatic carbocycles. The molecule has 3 unspecified atom stereocenters. The Morgan fingerprint density at radius 3 is 2.91 bits per heavy atom. The highest BCUT2D eigenvalue weighted by molar-refractivity contribution is 14.1. The van der Waals surface area contributed by atoms with Crippen molar-refractivity contribution in [2.45, 2.75) is 24.7 Å². The van der Waals surface area contributed by atoms with E-state index >= 15 is 0 Å². The minimum Gasteiger partial charge on any atom is -0.394 e. The first-order valence-corrected chi connectivity index (χ1v) is 4.35. The van der Waals surface area contributed by atoms with Crippen molar-refractivity contribution in [3.63, 3.8) is 0 Å². The molecule has 0 aromatic rings. The summed E-state index contributed by atoms with van der Waals surface area (Å²) in [6.45, 7) is 0.383. The molecule has 1 fully saturated rings. The lowest BCUT2D eigenvalue weighted by Gasteiger charge is -2.31. The first-order chi connectivity index (χ1) is 5.29. The monoisotopic (exact) mass is 274 g/mol. The van der Waals surface area contributed by atoms with Crippen LogP contribution >= 0.6 is 23.0 Å². The number of hydrogen-bond donors (Lipinski definition) is 2. The lowest BCUT2D eigenvalue weighted by atomic mass is 10.0. The molecule has 5 heteroatoms. The van der Waals surface area contributed by atoms with Gasteiger partial charge in [0.15, 0.2) is 0 Å². The van der Waals surface area contributed by atoms with Crippen molar-refractivity contribution in [2.24, 2.45) is 0 Å². The largest absolute Gasteiger partial charge is 0.394 e. The van der Waals surface area contributed by atoms with Crippen molar-refractivity contribution >= 4 is 23.0 Å². The molecule has 0 radical (unpaired) electrons. The summed E-state index contributed by atoms with van der Waals surface area (Å²) in [6.07, 6.45) is -0.712. The normalized spacial score (nSPS) is 39.0. The molecular formula is C6H11IO4. The van der Waals surface area contributed by atoms with E-state index in [-0.39, 0.29) is 12.7 Å². The van der Waals surface area contributed by atoms with Gasteiger partial charge in [0.05, 0.1) is 6.61 Å². The maximum absolute atomic E-state index is 9.41. The third kappa shape index (κ3) is 2.25. The number of aliphatic hydroxyl groups excluding tert-OH is 2. The highest BCUT2D eigenvalue weighted by Crippen LogP contribution is 2.19. The molecule has 1 aliphatic rings. The summed E-state index contributed by atoms with van der Waals surface area (Å²) in [7, 11) is 0. The van der Waals surface area contributed by atoms with Gasteiger partial charge in [-0.3, -0.25) is 0 Å². The molecule has 1 rings (SSSR count). The van der Waals surface area contributed by atoms with Crippen LogP contribution in [0.3, 0.4) is 0 Å². The average molecular weight is 274 g/mol. The van der Waals surface area contributed by atoms with Crippen LogP contribution in [0.15, 0.2) is 0 Å². The maximum Gasteiger partial charge on any atom is 0.110 e. The predicted molar refractivity (Wildman–Crippen MR) is 46.3 cm³/mol. The summed E-state index contributed by atoms with van der Waals surface area (Å²) in [5.74, 6) is 0. The van der Waals surface area contributed by atoms with Crippen LogP contribution in [0.1, 0.15) is 6.42 Å². The summed E-state index contributed by atoms with van der Waals surface area (Å²) < 4.78 is 10.1. The van der Waals surface area contributed by atoms with E-state index in [0.717, 1.165) is 0 Å². The lowest BCUT2D eigenvalue weighted by molar-refractivity contribution is -0.132. The second-order valence-corrected chi connectivity index (χ2v) is 3.01. The summed E-state index contributed by atoms with van der Waals surface area (Å²) in [4.78, 5) is 0. The second-order valence-electron chi connectivity index (χ2n) is 2.50. The van der Waals surface area contributed by atoms with Crippen LogP contribution in [0.25, 0.3) is 0 Å². The fraction of sp³-hybridized carbons (Fsp3) is 1.00. The number of aliphatic hydroxyl groups is 2. The van der Waals surface area contributed by atoms with Crippen LogP contribution < -0.4 is 0 Å². The van der Waals surface area contributed by atoms with E-state index in [0.29, 0.717) is 13.0 Å². The highest BCUT2D eigenvalue weighted by atomic mass is 127. The van der Waals surface area contributed by atoms with Gasteiger partial charge in [-0.25, -0.2) is 0 Å². The molecule has 1 saturated heterocycles. The van der Waals surface area contributed by atoms with E-state index in [1.54, 1.807) is 23.0 Å². The quantitative estimate of drug-likeness (QED) is 0.688. The average Bonchev–Trinajstić information content (AvgIpc) is 2.05. The molecule has 4 nitrogen and oxygen atoms in total. The molecule has 66 valence electrons. The fourth-order valence-corrected chi connectivity index (χ4v) is 1.66. The van der Waals surface area contributed by atoms with E-state index < -0.39 is 12.2 Å². The molecule has 1 aliphatic heterocycles. The van der Waals surface area contributed by atoms with Gasteiger partial charge >= 0.3 is 0 Å². The molecule has 3 atom stereocenters. The summed E-state index contributed by atoms with van der Waals surface area (Å²) >= 11 is 1.75. The van der Waals surface area contributed by atoms with E-state index in [1.807, 2.05) is 0 Å². The zero-order chi connectivity index (χ0) is 8.27. The molecule has 0 bridgehead atoms. The molecule has 1 heterocycles. The van der Waals surface area contributed by atoms with Gasteiger partial charge in [0.2, 0.25) is 0 Å². The number of halogens is 1. The Morgan fingerprint density at radius 1 is 1.64 bits per heavy atom. The molecule has 0 amide bonds. The van der Waals surface area contributed by atoms with Crippen molar-refractivity contribution in [1.29, 1.82) is 0 Å². The van der Waals surface area contributed by atoms with Gasteiger partial charge in [0.1, 0.15) is 41.3 Å². The first kappa shape index (κ1) is 9.66. The summed E-state index contributed by atoms with van der Waals surface area (Å²) in [5.41, 5.74) is 0. The van der Waals surface area contributed by atoms with Gasteiger partial charge in [0, 0.05) is 13.0 Å². The smallest absolute Gasteiger partial charge is 0.110 e. The fourth-order valence-electron chi connectivity index (χ4n) is 1.10. The Kier molecular flexibility index (Phi) is 4.00. The third-order valence-corrected chi connectivity index (χ3v) is 2.44. The Balaban J connectivity index is 2.45. The minimum atomic E-state index is -0.703. The predicted octanol–water partition coefficient (Wildman–Crippen LogP) is -0.136. The zero-order valence-electron chi connectivity index (χ0n) is 5.94. The van der Waals surface area contributed by atoms with E-state index in [2.05, 4.69) is 0 Å². The van der Waals surface area contributed by atoms with Crippen LogP contribution in [0.5, 0.6) is 0 Å². The van der Waals surface area contributed by atoms with Crippen LogP contribution in [-0.2, 0) is 7.80 Å². The first-order valence-electron chi connectivity index (χ1n) is 3.47. The standard InChI is InChI=1S/C6H11IO4/c7-11-4-1-2-10-5(3-8)6(4)9/h4-6,8-9H,1-3H2. The zero-order valence-corrected chi connectivity index (χ0v) is 8.10. The van der Waals surface area contributed by atoms with Crippen molar-refractivity contribution in [3.8, 4) is 0 Å². The van der Waals surface area contributed by atoms with E-state index in [1.165, 1.54) is 0 Å². The van der Waals surface area contributed by atoms with Gasteiger partial charge in [-0.05, 0) is 0 Å². The van der Waals surface area contributed by atoms with Gasteiger partial charge < -0.3 is 18.0 Å². The Morgan fingerprint density at radius 2 is 2.36 bits per heavy atom. The third-order valence-electron chi connectivity index (χ3n) is 1.79. The topological polar surface area (TPSA) is 58.9 Å². The highest BCUT2D eigenvalue weighted by Gasteiger charge is 2.32. The van der Waals surface area contributed by atoms with Crippen molar-refractivity contribution in [3.05, 3.63) is 0 Å². The second kappa shape index (κ2) is 4.56. The lowest BCUT2D eigenvalue weighted by Crippen LogP contribution is -2.46. The van der Waals surface area contributed by atoms with E-state index in [4.69, 9.17) is 12.9 Å².